The Morgan fingerprint density at radius 3 is 2.50 bits per heavy atom. The molecule has 5 heteroatoms. The molecule has 4 rings (SSSR count). The van der Waals surface area contributed by atoms with E-state index < -0.39 is 0 Å². The van der Waals surface area contributed by atoms with E-state index in [-0.39, 0.29) is 17.9 Å². The lowest BCUT2D eigenvalue weighted by atomic mass is 10.1. The predicted molar refractivity (Wildman–Crippen MR) is 121 cm³/mol. The van der Waals surface area contributed by atoms with Gasteiger partial charge in [0, 0.05) is 21.4 Å². The minimum atomic E-state index is -0.119. The van der Waals surface area contributed by atoms with E-state index in [1.54, 1.807) is 16.7 Å². The lowest BCUT2D eigenvalue weighted by Gasteiger charge is -2.24. The van der Waals surface area contributed by atoms with Crippen molar-refractivity contribution in [3.63, 3.8) is 0 Å². The topological polar surface area (TPSA) is 49.4 Å². The molecule has 3 aromatic rings. The highest BCUT2D eigenvalue weighted by molar-refractivity contribution is 7.99. The molecule has 1 aliphatic heterocycles. The number of anilines is 1. The van der Waals surface area contributed by atoms with Crippen LogP contribution in [0, 0.1) is 0 Å². The third kappa shape index (κ3) is 4.12. The van der Waals surface area contributed by atoms with Crippen molar-refractivity contribution < 1.29 is 9.59 Å². The summed E-state index contributed by atoms with van der Waals surface area (Å²) in [6.07, 6.45) is 0.862. The standard InChI is InChI=1S/C25H24N2O2S/c1-3-17(2)26-24(28)19-13-14-23-21(15-19)27(16-18-9-5-4-6-10-18)25(29)20-11-7-8-12-22(20)30-23/h4-15,17H,3,16H2,1-2H3,(H,26,28)/t17-/m0/s1. The maximum Gasteiger partial charge on any atom is 0.259 e. The van der Waals surface area contributed by atoms with Gasteiger partial charge in [-0.15, -0.1) is 0 Å². The van der Waals surface area contributed by atoms with Gasteiger partial charge in [0.05, 0.1) is 17.8 Å². The number of benzene rings is 3. The molecule has 30 heavy (non-hydrogen) atoms. The molecule has 0 saturated carbocycles. The Bertz CT molecular complexity index is 1080. The molecule has 0 fully saturated rings. The molecule has 1 N–H and O–H groups in total. The predicted octanol–water partition coefficient (Wildman–Crippen LogP) is 5.53. The summed E-state index contributed by atoms with van der Waals surface area (Å²) in [6, 6.07) is 23.3. The zero-order chi connectivity index (χ0) is 21.1. The van der Waals surface area contributed by atoms with Crippen LogP contribution in [0.25, 0.3) is 0 Å². The largest absolute Gasteiger partial charge is 0.350 e. The molecule has 0 radical (unpaired) electrons. The van der Waals surface area contributed by atoms with Crippen LogP contribution in [0.3, 0.4) is 0 Å². The number of amides is 2. The van der Waals surface area contributed by atoms with Gasteiger partial charge in [-0.2, -0.15) is 0 Å². The van der Waals surface area contributed by atoms with E-state index in [0.717, 1.165) is 27.5 Å². The summed E-state index contributed by atoms with van der Waals surface area (Å²) >= 11 is 1.57. The molecule has 3 aromatic carbocycles. The minimum Gasteiger partial charge on any atom is -0.350 e. The molecule has 1 heterocycles. The lowest BCUT2D eigenvalue weighted by molar-refractivity contribution is 0.0936. The fraction of sp³-hybridized carbons (Fsp3) is 0.200. The van der Waals surface area contributed by atoms with E-state index in [2.05, 4.69) is 5.32 Å². The summed E-state index contributed by atoms with van der Waals surface area (Å²) in [5.74, 6) is -0.175. The summed E-state index contributed by atoms with van der Waals surface area (Å²) < 4.78 is 0. The fourth-order valence-corrected chi connectivity index (χ4v) is 4.45. The van der Waals surface area contributed by atoms with E-state index in [1.807, 2.05) is 86.6 Å². The number of carbonyl (C=O) groups is 2. The average Bonchev–Trinajstić information content (AvgIpc) is 2.89. The number of hydrogen-bond donors (Lipinski definition) is 1. The van der Waals surface area contributed by atoms with Crippen LogP contribution in [0.15, 0.2) is 82.6 Å². The number of hydrogen-bond acceptors (Lipinski definition) is 3. The van der Waals surface area contributed by atoms with Crippen LogP contribution in [0.1, 0.15) is 46.5 Å². The van der Waals surface area contributed by atoms with E-state index in [9.17, 15) is 9.59 Å². The maximum atomic E-state index is 13.5. The Balaban J connectivity index is 1.78. The van der Waals surface area contributed by atoms with Crippen LogP contribution in [-0.2, 0) is 6.54 Å². The number of carbonyl (C=O) groups excluding carboxylic acids is 2. The monoisotopic (exact) mass is 416 g/mol. The zero-order valence-electron chi connectivity index (χ0n) is 17.1. The van der Waals surface area contributed by atoms with Crippen molar-refractivity contribution in [3.8, 4) is 0 Å². The maximum absolute atomic E-state index is 13.5. The molecule has 1 aliphatic rings. The lowest BCUT2D eigenvalue weighted by Crippen LogP contribution is -2.33. The second-order valence-electron chi connectivity index (χ2n) is 7.44. The molecule has 1 atom stereocenters. The third-order valence-electron chi connectivity index (χ3n) is 5.27. The van der Waals surface area contributed by atoms with Gasteiger partial charge in [-0.1, -0.05) is 61.2 Å². The van der Waals surface area contributed by atoms with Crippen LogP contribution < -0.4 is 10.2 Å². The van der Waals surface area contributed by atoms with Crippen molar-refractivity contribution in [2.45, 2.75) is 42.6 Å². The molecule has 0 saturated heterocycles. The normalized spacial score (nSPS) is 13.8. The van der Waals surface area contributed by atoms with Gasteiger partial charge in [-0.3, -0.25) is 9.59 Å². The second-order valence-corrected chi connectivity index (χ2v) is 8.52. The molecule has 0 bridgehead atoms. The summed E-state index contributed by atoms with van der Waals surface area (Å²) in [5, 5.41) is 3.01. The Labute approximate surface area is 181 Å². The molecular weight excluding hydrogens is 392 g/mol. The molecule has 0 aromatic heterocycles. The highest BCUT2D eigenvalue weighted by Crippen LogP contribution is 2.42. The zero-order valence-corrected chi connectivity index (χ0v) is 17.9. The second kappa shape index (κ2) is 8.76. The fourth-order valence-electron chi connectivity index (χ4n) is 3.39. The van der Waals surface area contributed by atoms with Crippen molar-refractivity contribution in [1.82, 2.24) is 5.32 Å². The SMILES string of the molecule is CC[C@H](C)NC(=O)c1ccc2c(c1)N(Cc1ccccc1)C(=O)c1ccccc1S2. The van der Waals surface area contributed by atoms with Crippen LogP contribution in [0.4, 0.5) is 5.69 Å². The molecular formula is C25H24N2O2S. The Morgan fingerprint density at radius 2 is 1.73 bits per heavy atom. The summed E-state index contributed by atoms with van der Waals surface area (Å²) in [5.41, 5.74) is 3.05. The van der Waals surface area contributed by atoms with Crippen LogP contribution in [0.2, 0.25) is 0 Å². The van der Waals surface area contributed by atoms with E-state index in [0.29, 0.717) is 17.7 Å². The quantitative estimate of drug-likeness (QED) is 0.595. The Kier molecular flexibility index (Phi) is 5.91. The van der Waals surface area contributed by atoms with Crippen LogP contribution in [0.5, 0.6) is 0 Å². The van der Waals surface area contributed by atoms with Crippen molar-refractivity contribution in [3.05, 3.63) is 89.5 Å². The van der Waals surface area contributed by atoms with Gasteiger partial charge in [-0.25, -0.2) is 0 Å². The Morgan fingerprint density at radius 1 is 1.00 bits per heavy atom. The highest BCUT2D eigenvalue weighted by atomic mass is 32.2. The minimum absolute atomic E-state index is 0.0554. The van der Waals surface area contributed by atoms with Crippen molar-refractivity contribution >= 4 is 29.3 Å². The van der Waals surface area contributed by atoms with Gasteiger partial charge in [0.15, 0.2) is 0 Å². The number of fused-ring (bicyclic) bond motifs is 2. The molecule has 0 unspecified atom stereocenters. The number of nitrogens with one attached hydrogen (secondary N) is 1. The average molecular weight is 417 g/mol. The van der Waals surface area contributed by atoms with Gasteiger partial charge in [-0.05, 0) is 49.2 Å². The first-order valence-electron chi connectivity index (χ1n) is 10.1. The Hall–Kier alpha value is -3.05. The number of rotatable bonds is 5. The molecule has 152 valence electrons. The first-order chi connectivity index (χ1) is 14.6. The van der Waals surface area contributed by atoms with Crippen molar-refractivity contribution in [1.29, 1.82) is 0 Å². The third-order valence-corrected chi connectivity index (χ3v) is 6.41. The summed E-state index contributed by atoms with van der Waals surface area (Å²) in [7, 11) is 0. The van der Waals surface area contributed by atoms with Gasteiger partial charge >= 0.3 is 0 Å². The summed E-state index contributed by atoms with van der Waals surface area (Å²) in [4.78, 5) is 29.9. The molecule has 0 aliphatic carbocycles. The van der Waals surface area contributed by atoms with Crippen LogP contribution in [-0.4, -0.2) is 17.9 Å². The van der Waals surface area contributed by atoms with E-state index >= 15 is 0 Å². The van der Waals surface area contributed by atoms with E-state index in [4.69, 9.17) is 0 Å². The van der Waals surface area contributed by atoms with Gasteiger partial charge in [0.2, 0.25) is 0 Å². The van der Waals surface area contributed by atoms with Crippen molar-refractivity contribution in [2.75, 3.05) is 4.90 Å². The number of nitrogens with zero attached hydrogens (tertiary/aromatic N) is 1. The van der Waals surface area contributed by atoms with E-state index in [1.165, 1.54) is 0 Å². The molecule has 2 amide bonds. The van der Waals surface area contributed by atoms with Crippen molar-refractivity contribution in [2.24, 2.45) is 0 Å². The molecule has 4 nitrogen and oxygen atoms in total. The molecule has 0 spiro atoms. The van der Waals surface area contributed by atoms with Gasteiger partial charge in [0.25, 0.3) is 11.8 Å². The van der Waals surface area contributed by atoms with Crippen LogP contribution >= 0.6 is 11.8 Å². The smallest absolute Gasteiger partial charge is 0.259 e. The van der Waals surface area contributed by atoms with Gasteiger partial charge < -0.3 is 10.2 Å². The first kappa shape index (κ1) is 20.2. The summed E-state index contributed by atoms with van der Waals surface area (Å²) in [6.45, 7) is 4.47. The highest BCUT2D eigenvalue weighted by Gasteiger charge is 2.28. The van der Waals surface area contributed by atoms with Gasteiger partial charge in [0.1, 0.15) is 0 Å². The first-order valence-corrected chi connectivity index (χ1v) is 11.0.